The molecule has 510 valence electrons. The average Bonchev–Trinajstić information content (AvgIpc) is 0.748. The molecule has 0 aromatic heterocycles. The number of hydrogen-bond acceptors (Lipinski definition) is 12. The molecule has 0 aliphatic carbocycles. The monoisotopic (exact) mass is 1340 g/mol. The second kappa shape index (κ2) is 30.3. The minimum Gasteiger partial charge on any atom is -0.449 e. The Morgan fingerprint density at radius 2 is 0.284 bits per heavy atom. The molecule has 0 saturated heterocycles. The van der Waals surface area contributed by atoms with Gasteiger partial charge in [-0.05, 0) is 298 Å². The van der Waals surface area contributed by atoms with Gasteiger partial charge in [-0.2, -0.15) is 0 Å². The SMILES string of the molecule is Cc1ccc(Nc2ccc(Oc3c(Oc4ccc(Nc5ccc(C)cc5C)cc4)c(Oc4ccc(Nc5ccc(C)cc5C)cc4)c(Oc4ccc(Nc5ccc(C)cc5C)cc4)c(Oc4ccc(Nc5ccc(C)cc5C)cc4)c3Oc3ccc(Nc4ccc(C)cc4C)cc3)cc2)c(C)c1. The standard InChI is InChI=1S/C90H84N6O6/c1-55-13-43-79(61(7)49-55)91-67-19-31-73(32-20-67)97-85-86(98-74-33-21-68(22-34-74)92-80-44-14-56(2)50-62(80)8)88(100-76-37-25-70(26-38-76)94-82-46-16-58(4)52-64(82)10)90(102-78-41-29-72(30-42-78)96-84-48-18-60(6)54-66(84)12)89(101-77-39-27-71(28-40-77)95-83-47-17-59(5)53-65(83)11)87(85)99-75-35-23-69(24-36-75)93-81-45-15-57(3)51-63(81)9/h13-54,91-96H,1-12H3. The van der Waals surface area contributed by atoms with Gasteiger partial charge in [0.15, 0.2) is 0 Å². The van der Waals surface area contributed by atoms with Crippen LogP contribution in [0.2, 0.25) is 0 Å². The largest absolute Gasteiger partial charge is 0.449 e. The van der Waals surface area contributed by atoms with Crippen LogP contribution in [0.5, 0.6) is 69.0 Å². The van der Waals surface area contributed by atoms with Crippen LogP contribution in [0.25, 0.3) is 0 Å². The van der Waals surface area contributed by atoms with E-state index in [1.54, 1.807) is 0 Å². The third kappa shape index (κ3) is 16.8. The summed E-state index contributed by atoms with van der Waals surface area (Å²) in [5.41, 5.74) is 24.8. The van der Waals surface area contributed by atoms with Crippen LogP contribution < -0.4 is 60.3 Å². The molecular weight excluding hydrogens is 1260 g/mol. The van der Waals surface area contributed by atoms with E-state index in [0.717, 1.165) is 102 Å². The summed E-state index contributed by atoms with van der Waals surface area (Å²) in [4.78, 5) is 0. The van der Waals surface area contributed by atoms with Crippen molar-refractivity contribution in [2.24, 2.45) is 0 Å². The highest BCUT2D eigenvalue weighted by Gasteiger charge is 2.35. The number of aryl methyl sites for hydroxylation is 12. The van der Waals surface area contributed by atoms with Crippen molar-refractivity contribution < 1.29 is 28.4 Å². The van der Waals surface area contributed by atoms with Crippen LogP contribution in [0, 0.1) is 83.1 Å². The molecule has 0 unspecified atom stereocenters. The zero-order chi connectivity index (χ0) is 71.0. The van der Waals surface area contributed by atoms with Crippen molar-refractivity contribution >= 4 is 68.2 Å². The van der Waals surface area contributed by atoms with Crippen molar-refractivity contribution in [1.82, 2.24) is 0 Å². The van der Waals surface area contributed by atoms with E-state index in [1.165, 1.54) is 33.4 Å². The van der Waals surface area contributed by atoms with Crippen molar-refractivity contribution in [3.63, 3.8) is 0 Å². The van der Waals surface area contributed by atoms with Crippen LogP contribution in [0.15, 0.2) is 255 Å². The maximum Gasteiger partial charge on any atom is 0.220 e. The van der Waals surface area contributed by atoms with E-state index in [2.05, 4.69) is 224 Å². The fourth-order valence-electron chi connectivity index (χ4n) is 12.2. The van der Waals surface area contributed by atoms with Crippen LogP contribution in [-0.2, 0) is 0 Å². The predicted octanol–water partition coefficient (Wildman–Crippen LogP) is 26.6. The number of benzene rings is 13. The third-order valence-corrected chi connectivity index (χ3v) is 17.6. The normalized spacial score (nSPS) is 10.9. The van der Waals surface area contributed by atoms with E-state index < -0.39 is 0 Å². The van der Waals surface area contributed by atoms with Gasteiger partial charge >= 0.3 is 0 Å². The van der Waals surface area contributed by atoms with Gasteiger partial charge in [0.1, 0.15) is 34.5 Å². The average molecular weight is 1350 g/mol. The van der Waals surface area contributed by atoms with Gasteiger partial charge in [0.05, 0.1) is 0 Å². The van der Waals surface area contributed by atoms with E-state index in [4.69, 9.17) is 28.4 Å². The van der Waals surface area contributed by atoms with Gasteiger partial charge in [0.25, 0.3) is 0 Å². The van der Waals surface area contributed by atoms with Gasteiger partial charge in [-0.3, -0.25) is 0 Å². The summed E-state index contributed by atoms with van der Waals surface area (Å²) in [6.07, 6.45) is 0. The van der Waals surface area contributed by atoms with Gasteiger partial charge in [-0.15, -0.1) is 0 Å². The molecule has 12 heteroatoms. The van der Waals surface area contributed by atoms with Crippen LogP contribution in [0.3, 0.4) is 0 Å². The van der Waals surface area contributed by atoms with Crippen molar-refractivity contribution in [3.8, 4) is 69.0 Å². The fraction of sp³-hybridized carbons (Fsp3) is 0.133. The Morgan fingerprint density at radius 1 is 0.157 bits per heavy atom. The third-order valence-electron chi connectivity index (χ3n) is 17.6. The molecule has 13 rings (SSSR count). The summed E-state index contributed by atoms with van der Waals surface area (Å²) < 4.78 is 44.4. The molecule has 0 saturated carbocycles. The van der Waals surface area contributed by atoms with Crippen molar-refractivity contribution in [3.05, 3.63) is 322 Å². The number of anilines is 12. The van der Waals surface area contributed by atoms with E-state index in [9.17, 15) is 0 Å². The summed E-state index contributed by atoms with van der Waals surface area (Å²) in [5, 5.41) is 21.7. The fourth-order valence-corrected chi connectivity index (χ4v) is 12.2. The molecule has 102 heavy (non-hydrogen) atoms. The van der Waals surface area contributed by atoms with Crippen molar-refractivity contribution in [2.75, 3.05) is 31.9 Å². The Morgan fingerprint density at radius 3 is 0.402 bits per heavy atom. The first kappa shape index (κ1) is 68.0. The van der Waals surface area contributed by atoms with Gasteiger partial charge in [0, 0.05) is 68.2 Å². The first-order valence-electron chi connectivity index (χ1n) is 34.3. The Kier molecular flexibility index (Phi) is 20.2. The van der Waals surface area contributed by atoms with Crippen LogP contribution in [0.1, 0.15) is 66.8 Å². The Labute approximate surface area is 598 Å². The highest BCUT2D eigenvalue weighted by Crippen LogP contribution is 2.63. The van der Waals surface area contributed by atoms with Crippen LogP contribution in [-0.4, -0.2) is 0 Å². The maximum absolute atomic E-state index is 7.40. The van der Waals surface area contributed by atoms with Crippen LogP contribution in [0.4, 0.5) is 68.2 Å². The molecule has 0 radical (unpaired) electrons. The first-order chi connectivity index (χ1) is 49.3. The quantitative estimate of drug-likeness (QED) is 0.0345. The number of nitrogens with one attached hydrogen (secondary N) is 6. The molecule has 0 bridgehead atoms. The topological polar surface area (TPSA) is 128 Å². The highest BCUT2D eigenvalue weighted by molar-refractivity contribution is 5.79. The summed E-state index contributed by atoms with van der Waals surface area (Å²) in [5.74, 6) is 3.28. The molecule has 0 spiro atoms. The molecule has 13 aromatic carbocycles. The van der Waals surface area contributed by atoms with E-state index >= 15 is 0 Å². The molecule has 0 fully saturated rings. The summed E-state index contributed by atoms with van der Waals surface area (Å²) in [7, 11) is 0. The Bertz CT molecular complexity index is 4300. The van der Waals surface area contributed by atoms with Crippen molar-refractivity contribution in [2.45, 2.75) is 83.1 Å². The molecule has 0 amide bonds. The molecule has 6 N–H and O–H groups in total. The van der Waals surface area contributed by atoms with E-state index in [1.807, 2.05) is 146 Å². The van der Waals surface area contributed by atoms with Crippen LogP contribution >= 0.6 is 0 Å². The minimum atomic E-state index is 0.103. The summed E-state index contributed by atoms with van der Waals surface area (Å²) in [6.45, 7) is 25.2. The molecule has 0 aliphatic rings. The minimum absolute atomic E-state index is 0.103. The van der Waals surface area contributed by atoms with Gasteiger partial charge in [0.2, 0.25) is 34.5 Å². The molecule has 13 aromatic rings. The highest BCUT2D eigenvalue weighted by atomic mass is 16.6. The lowest BCUT2D eigenvalue weighted by Crippen LogP contribution is -2.04. The zero-order valence-electron chi connectivity index (χ0n) is 59.7. The summed E-state index contributed by atoms with van der Waals surface area (Å²) >= 11 is 0. The lowest BCUT2D eigenvalue weighted by Gasteiger charge is -2.25. The molecule has 0 atom stereocenters. The molecular formula is C90H84N6O6. The number of ether oxygens (including phenoxy) is 6. The smallest absolute Gasteiger partial charge is 0.220 e. The second-order valence-corrected chi connectivity index (χ2v) is 26.4. The lowest BCUT2D eigenvalue weighted by molar-refractivity contribution is 0.326. The maximum atomic E-state index is 7.40. The Balaban J connectivity index is 1.02. The van der Waals surface area contributed by atoms with Crippen molar-refractivity contribution in [1.29, 1.82) is 0 Å². The predicted molar refractivity (Wildman–Crippen MR) is 421 cm³/mol. The summed E-state index contributed by atoms with van der Waals surface area (Å²) in [6, 6.07) is 84.7. The second-order valence-electron chi connectivity index (χ2n) is 26.4. The van der Waals surface area contributed by atoms with Gasteiger partial charge in [-0.1, -0.05) is 106 Å². The molecule has 0 aliphatic heterocycles. The first-order valence-corrected chi connectivity index (χ1v) is 34.3. The van der Waals surface area contributed by atoms with E-state index in [0.29, 0.717) is 34.5 Å². The molecule has 12 nitrogen and oxygen atoms in total. The zero-order valence-corrected chi connectivity index (χ0v) is 59.7. The van der Waals surface area contributed by atoms with E-state index in [-0.39, 0.29) is 34.5 Å². The number of hydrogen-bond donors (Lipinski definition) is 6. The Hall–Kier alpha value is -12.5. The van der Waals surface area contributed by atoms with Gasteiger partial charge in [-0.25, -0.2) is 0 Å². The van der Waals surface area contributed by atoms with Gasteiger partial charge < -0.3 is 60.3 Å². The molecule has 0 heterocycles. The lowest BCUT2D eigenvalue weighted by atomic mass is 10.1. The number of rotatable bonds is 24.